The van der Waals surface area contributed by atoms with Crippen LogP contribution in [0.15, 0.2) is 57.7 Å². The summed E-state index contributed by atoms with van der Waals surface area (Å²) in [6.45, 7) is 0. The van der Waals surface area contributed by atoms with Crippen molar-refractivity contribution < 1.29 is 4.42 Å². The van der Waals surface area contributed by atoms with Crippen molar-refractivity contribution in [3.63, 3.8) is 0 Å². The normalized spacial score (nSPS) is 10.5. The van der Waals surface area contributed by atoms with Gasteiger partial charge >= 0.3 is 0 Å². The SMILES string of the molecule is N#CCc1ccc2oc(-c3ccc(Cl)cc3)cc(=O)c2c1. The van der Waals surface area contributed by atoms with Crippen LogP contribution in [-0.2, 0) is 6.42 Å². The standard InChI is InChI=1S/C17H10ClNO2/c18-13-4-2-12(3-5-13)17-10-15(20)14-9-11(7-8-19)1-6-16(14)21-17/h1-6,9-10H,7H2. The highest BCUT2D eigenvalue weighted by atomic mass is 35.5. The second-order valence-corrected chi connectivity index (χ2v) is 5.08. The van der Waals surface area contributed by atoms with E-state index in [4.69, 9.17) is 21.3 Å². The van der Waals surface area contributed by atoms with E-state index in [9.17, 15) is 4.79 Å². The lowest BCUT2D eigenvalue weighted by Crippen LogP contribution is -2.01. The van der Waals surface area contributed by atoms with Crippen LogP contribution in [0.2, 0.25) is 5.02 Å². The molecule has 0 aliphatic carbocycles. The molecule has 3 aromatic rings. The number of hydrogen-bond acceptors (Lipinski definition) is 3. The molecule has 3 rings (SSSR count). The second kappa shape index (κ2) is 5.43. The Morgan fingerprint density at radius 3 is 2.57 bits per heavy atom. The van der Waals surface area contributed by atoms with E-state index < -0.39 is 0 Å². The summed E-state index contributed by atoms with van der Waals surface area (Å²) >= 11 is 5.85. The molecule has 0 spiro atoms. The Morgan fingerprint density at radius 1 is 1.10 bits per heavy atom. The van der Waals surface area contributed by atoms with Crippen LogP contribution < -0.4 is 5.43 Å². The van der Waals surface area contributed by atoms with Gasteiger partial charge in [0.05, 0.1) is 17.9 Å². The molecule has 21 heavy (non-hydrogen) atoms. The van der Waals surface area contributed by atoms with Gasteiger partial charge in [-0.05, 0) is 42.0 Å². The first kappa shape index (κ1) is 13.4. The third kappa shape index (κ3) is 2.67. The van der Waals surface area contributed by atoms with E-state index in [1.165, 1.54) is 6.07 Å². The number of halogens is 1. The number of fused-ring (bicyclic) bond motifs is 1. The summed E-state index contributed by atoms with van der Waals surface area (Å²) < 4.78 is 5.78. The van der Waals surface area contributed by atoms with E-state index in [1.54, 1.807) is 42.5 Å². The molecule has 4 heteroatoms. The molecule has 0 N–H and O–H groups in total. The smallest absolute Gasteiger partial charge is 0.193 e. The average molecular weight is 296 g/mol. The fourth-order valence-electron chi connectivity index (χ4n) is 2.16. The molecule has 1 heterocycles. The van der Waals surface area contributed by atoms with Gasteiger partial charge < -0.3 is 4.42 Å². The summed E-state index contributed by atoms with van der Waals surface area (Å²) in [4.78, 5) is 12.2. The van der Waals surface area contributed by atoms with Crippen LogP contribution in [0.4, 0.5) is 0 Å². The number of nitrogens with zero attached hydrogens (tertiary/aromatic N) is 1. The highest BCUT2D eigenvalue weighted by Gasteiger charge is 2.07. The zero-order chi connectivity index (χ0) is 14.8. The van der Waals surface area contributed by atoms with Gasteiger partial charge in [0, 0.05) is 16.7 Å². The fraction of sp³-hybridized carbons (Fsp3) is 0.0588. The average Bonchev–Trinajstić information content (AvgIpc) is 2.49. The van der Waals surface area contributed by atoms with E-state index in [2.05, 4.69) is 6.07 Å². The van der Waals surface area contributed by atoms with Crippen molar-refractivity contribution in [2.45, 2.75) is 6.42 Å². The van der Waals surface area contributed by atoms with Gasteiger partial charge in [-0.2, -0.15) is 5.26 Å². The highest BCUT2D eigenvalue weighted by molar-refractivity contribution is 6.30. The van der Waals surface area contributed by atoms with Crippen LogP contribution >= 0.6 is 11.6 Å². The first-order valence-corrected chi connectivity index (χ1v) is 6.75. The molecule has 0 aliphatic heterocycles. The van der Waals surface area contributed by atoms with Crippen molar-refractivity contribution in [2.75, 3.05) is 0 Å². The maximum Gasteiger partial charge on any atom is 0.193 e. The molecule has 102 valence electrons. The molecule has 0 saturated heterocycles. The zero-order valence-electron chi connectivity index (χ0n) is 11.0. The molecule has 2 aromatic carbocycles. The Kier molecular flexibility index (Phi) is 3.47. The lowest BCUT2D eigenvalue weighted by Gasteiger charge is -2.04. The van der Waals surface area contributed by atoms with E-state index in [-0.39, 0.29) is 11.8 Å². The Labute approximate surface area is 126 Å². The minimum Gasteiger partial charge on any atom is -0.456 e. The van der Waals surface area contributed by atoms with Gasteiger partial charge in [0.2, 0.25) is 0 Å². The van der Waals surface area contributed by atoms with Crippen molar-refractivity contribution in [2.24, 2.45) is 0 Å². The Hall–Kier alpha value is -2.57. The predicted octanol–water partition coefficient (Wildman–Crippen LogP) is 4.18. The second-order valence-electron chi connectivity index (χ2n) is 4.65. The van der Waals surface area contributed by atoms with Crippen molar-refractivity contribution in [1.82, 2.24) is 0 Å². The molecule has 0 atom stereocenters. The quantitative estimate of drug-likeness (QED) is 0.712. The molecule has 1 aromatic heterocycles. The summed E-state index contributed by atoms with van der Waals surface area (Å²) in [6, 6.07) is 15.8. The van der Waals surface area contributed by atoms with Gasteiger partial charge in [0.15, 0.2) is 5.43 Å². The molecule has 0 fully saturated rings. The first-order valence-electron chi connectivity index (χ1n) is 6.37. The van der Waals surface area contributed by atoms with Crippen molar-refractivity contribution in [3.8, 4) is 17.4 Å². The Morgan fingerprint density at radius 2 is 1.86 bits per heavy atom. The number of hydrogen-bond donors (Lipinski definition) is 0. The first-order chi connectivity index (χ1) is 10.2. The van der Waals surface area contributed by atoms with Gasteiger partial charge in [-0.15, -0.1) is 0 Å². The molecule has 3 nitrogen and oxygen atoms in total. The van der Waals surface area contributed by atoms with E-state index in [1.807, 2.05) is 0 Å². The fourth-order valence-corrected chi connectivity index (χ4v) is 2.29. The van der Waals surface area contributed by atoms with Crippen molar-refractivity contribution >= 4 is 22.6 Å². The topological polar surface area (TPSA) is 54.0 Å². The van der Waals surface area contributed by atoms with Gasteiger partial charge in [-0.25, -0.2) is 0 Å². The lowest BCUT2D eigenvalue weighted by molar-refractivity contribution is 0.619. The van der Waals surface area contributed by atoms with Crippen LogP contribution in [0, 0.1) is 11.3 Å². The summed E-state index contributed by atoms with van der Waals surface area (Å²) in [7, 11) is 0. The van der Waals surface area contributed by atoms with Crippen molar-refractivity contribution in [1.29, 1.82) is 5.26 Å². The van der Waals surface area contributed by atoms with Crippen LogP contribution in [0.25, 0.3) is 22.3 Å². The third-order valence-corrected chi connectivity index (χ3v) is 3.46. The number of rotatable bonds is 2. The monoisotopic (exact) mass is 295 g/mol. The molecule has 0 saturated carbocycles. The summed E-state index contributed by atoms with van der Waals surface area (Å²) in [6.07, 6.45) is 0.272. The number of nitriles is 1. The van der Waals surface area contributed by atoms with Gasteiger partial charge in [0.1, 0.15) is 11.3 Å². The molecular weight excluding hydrogens is 286 g/mol. The minimum absolute atomic E-state index is 0.124. The summed E-state index contributed by atoms with van der Waals surface area (Å²) in [5.74, 6) is 0.497. The minimum atomic E-state index is -0.124. The van der Waals surface area contributed by atoms with Crippen LogP contribution in [0.3, 0.4) is 0 Å². The van der Waals surface area contributed by atoms with E-state index in [0.29, 0.717) is 21.8 Å². The number of benzene rings is 2. The van der Waals surface area contributed by atoms with E-state index >= 15 is 0 Å². The maximum absolute atomic E-state index is 12.2. The highest BCUT2D eigenvalue weighted by Crippen LogP contribution is 2.24. The predicted molar refractivity (Wildman–Crippen MR) is 82.2 cm³/mol. The molecule has 0 bridgehead atoms. The van der Waals surface area contributed by atoms with Crippen LogP contribution in [0.1, 0.15) is 5.56 Å². The largest absolute Gasteiger partial charge is 0.456 e. The summed E-state index contributed by atoms with van der Waals surface area (Å²) in [5, 5.41) is 9.83. The van der Waals surface area contributed by atoms with Crippen LogP contribution in [0.5, 0.6) is 0 Å². The van der Waals surface area contributed by atoms with Gasteiger partial charge in [-0.3, -0.25) is 4.79 Å². The molecule has 0 aliphatic rings. The molecule has 0 amide bonds. The molecule has 0 radical (unpaired) electrons. The third-order valence-electron chi connectivity index (χ3n) is 3.20. The van der Waals surface area contributed by atoms with Crippen LogP contribution in [-0.4, -0.2) is 0 Å². The molecular formula is C17H10ClNO2. The van der Waals surface area contributed by atoms with E-state index in [0.717, 1.165) is 11.1 Å². The van der Waals surface area contributed by atoms with Crippen molar-refractivity contribution in [3.05, 3.63) is 69.3 Å². The maximum atomic E-state index is 12.2. The Bertz CT molecular complexity index is 905. The lowest BCUT2D eigenvalue weighted by atomic mass is 10.1. The van der Waals surface area contributed by atoms with Gasteiger partial charge in [-0.1, -0.05) is 17.7 Å². The Balaban J connectivity index is 2.16. The van der Waals surface area contributed by atoms with Gasteiger partial charge in [0.25, 0.3) is 0 Å². The summed E-state index contributed by atoms with van der Waals surface area (Å²) in [5.41, 5.74) is 1.98. The zero-order valence-corrected chi connectivity index (χ0v) is 11.7. The molecule has 0 unspecified atom stereocenters.